The predicted molar refractivity (Wildman–Crippen MR) is 352 cm³/mol. The molecule has 0 aromatic rings. The molecule has 1 unspecified atom stereocenters. The second-order valence-corrected chi connectivity index (χ2v) is 23.2. The van der Waals surface area contributed by atoms with Crippen LogP contribution in [0.3, 0.4) is 0 Å². The summed E-state index contributed by atoms with van der Waals surface area (Å²) in [6, 6.07) is 0. The summed E-state index contributed by atoms with van der Waals surface area (Å²) in [5.74, 6) is -0.634. The van der Waals surface area contributed by atoms with Crippen molar-refractivity contribution >= 4 is 11.9 Å². The number of unbranched alkanes of at least 4 members (excludes halogenated alkanes) is 40. The Morgan fingerprint density at radius 2 is 0.537 bits per heavy atom. The Bertz CT molecular complexity index is 1500. The molecule has 0 aliphatic heterocycles. The molecule has 0 radical (unpaired) electrons. The van der Waals surface area contributed by atoms with Crippen LogP contribution in [-0.2, 0) is 19.1 Å². The molecule has 5 nitrogen and oxygen atoms in total. The Balaban J connectivity index is 3.47. The van der Waals surface area contributed by atoms with Crippen LogP contribution < -0.4 is 0 Å². The fourth-order valence-corrected chi connectivity index (χ4v) is 10.2. The number of aliphatic hydroxyl groups is 1. The standard InChI is InChI=1S/C75H132O5/c1-3-5-7-9-11-13-15-17-19-21-23-25-27-29-31-32-33-34-35-36-37-38-39-40-41-42-44-45-47-49-51-53-55-57-59-61-63-65-67-69-74(77)79-72-73(71-76)80-75(78)70-68-66-64-62-60-58-56-54-52-50-48-46-43-30-28-26-24-22-20-18-16-14-12-10-8-6-4-2/h6,8,12,14,18,20,24,26,30,43,48,50,54,56,60,62,73,76H,3-5,7,9-11,13,15-17,19,21-23,25,27-29,31-42,44-47,49,51-53,55,57-59,61,63-72H2,1-2H3/b8-6-,14-12-,20-18-,26-24-,43-30-,50-48-,56-54-,62-60-. The lowest BCUT2D eigenvalue weighted by molar-refractivity contribution is -0.161. The molecule has 0 rings (SSSR count). The van der Waals surface area contributed by atoms with Crippen molar-refractivity contribution in [3.8, 4) is 0 Å². The molecule has 0 aromatic heterocycles. The molecule has 1 N–H and O–H groups in total. The highest BCUT2D eigenvalue weighted by atomic mass is 16.6. The number of ether oxygens (including phenoxy) is 2. The zero-order chi connectivity index (χ0) is 57.6. The minimum Gasteiger partial charge on any atom is -0.462 e. The van der Waals surface area contributed by atoms with Gasteiger partial charge in [0, 0.05) is 12.8 Å². The van der Waals surface area contributed by atoms with Crippen LogP contribution in [0.2, 0.25) is 0 Å². The Hall–Kier alpha value is -3.18. The van der Waals surface area contributed by atoms with Gasteiger partial charge in [0.25, 0.3) is 0 Å². The van der Waals surface area contributed by atoms with Crippen LogP contribution in [0.25, 0.3) is 0 Å². The molecule has 0 saturated carbocycles. The third-order valence-corrected chi connectivity index (χ3v) is 15.4. The molecule has 0 aromatic carbocycles. The molecule has 0 spiro atoms. The summed E-state index contributed by atoms with van der Waals surface area (Å²) in [6.07, 6.45) is 100. The number of carbonyl (C=O) groups is 2. The number of carbonyl (C=O) groups excluding carboxylic acids is 2. The van der Waals surface area contributed by atoms with E-state index in [0.29, 0.717) is 12.8 Å². The molecule has 5 heteroatoms. The minimum absolute atomic E-state index is 0.0861. The third-order valence-electron chi connectivity index (χ3n) is 15.4. The van der Waals surface area contributed by atoms with Gasteiger partial charge >= 0.3 is 11.9 Å². The van der Waals surface area contributed by atoms with Gasteiger partial charge < -0.3 is 14.6 Å². The van der Waals surface area contributed by atoms with Crippen molar-refractivity contribution < 1.29 is 24.2 Å². The van der Waals surface area contributed by atoms with Crippen LogP contribution in [0.1, 0.15) is 348 Å². The van der Waals surface area contributed by atoms with Crippen molar-refractivity contribution in [2.45, 2.75) is 354 Å². The number of allylic oxidation sites excluding steroid dienone is 16. The van der Waals surface area contributed by atoms with E-state index in [1.165, 1.54) is 231 Å². The van der Waals surface area contributed by atoms with Crippen LogP contribution in [0.15, 0.2) is 97.2 Å². The van der Waals surface area contributed by atoms with E-state index < -0.39 is 6.10 Å². The molecule has 462 valence electrons. The molecule has 0 fully saturated rings. The van der Waals surface area contributed by atoms with E-state index in [2.05, 4.69) is 111 Å². The van der Waals surface area contributed by atoms with Gasteiger partial charge in [-0.2, -0.15) is 0 Å². The second kappa shape index (κ2) is 70.1. The van der Waals surface area contributed by atoms with Crippen LogP contribution in [0.5, 0.6) is 0 Å². The largest absolute Gasteiger partial charge is 0.462 e. The molecule has 0 amide bonds. The lowest BCUT2D eigenvalue weighted by Crippen LogP contribution is -2.28. The summed E-state index contributed by atoms with van der Waals surface area (Å²) in [4.78, 5) is 24.6. The predicted octanol–water partition coefficient (Wildman–Crippen LogP) is 24.2. The van der Waals surface area contributed by atoms with E-state index in [4.69, 9.17) is 9.47 Å². The third kappa shape index (κ3) is 67.3. The highest BCUT2D eigenvalue weighted by Crippen LogP contribution is 2.18. The Morgan fingerprint density at radius 3 is 0.812 bits per heavy atom. The normalized spacial score (nSPS) is 12.8. The molecule has 80 heavy (non-hydrogen) atoms. The highest BCUT2D eigenvalue weighted by Gasteiger charge is 2.16. The van der Waals surface area contributed by atoms with Gasteiger partial charge in [-0.05, 0) is 77.0 Å². The summed E-state index contributed by atoms with van der Waals surface area (Å²) in [5, 5.41) is 9.68. The number of rotatable bonds is 64. The van der Waals surface area contributed by atoms with Crippen molar-refractivity contribution in [2.24, 2.45) is 0 Å². The van der Waals surface area contributed by atoms with Crippen LogP contribution >= 0.6 is 0 Å². The highest BCUT2D eigenvalue weighted by molar-refractivity contribution is 5.70. The van der Waals surface area contributed by atoms with E-state index in [1.807, 2.05) is 0 Å². The first-order valence-electron chi connectivity index (χ1n) is 34.8. The SMILES string of the molecule is CC/C=C\C/C=C\C/C=C\C/C=C\C/C=C\C/C=C\C/C=C\C/C=C\CCCCC(=O)OC(CO)COC(=O)CCCCCCCCCCCCCCCCCCCCCCCCCCCCCCCCCCCCCCCCC. The Labute approximate surface area is 498 Å². The molecule has 0 aliphatic rings. The number of aliphatic hydroxyl groups excluding tert-OH is 1. The maximum atomic E-state index is 12.3. The number of esters is 2. The smallest absolute Gasteiger partial charge is 0.306 e. The zero-order valence-electron chi connectivity index (χ0n) is 53.1. The van der Waals surface area contributed by atoms with Crippen molar-refractivity contribution in [3.05, 3.63) is 97.2 Å². The Morgan fingerprint density at radius 1 is 0.300 bits per heavy atom. The topological polar surface area (TPSA) is 72.8 Å². The molecular weight excluding hydrogens is 981 g/mol. The summed E-state index contributed by atoms with van der Waals surface area (Å²) < 4.78 is 10.7. The van der Waals surface area contributed by atoms with Crippen LogP contribution in [0.4, 0.5) is 0 Å². The first-order valence-corrected chi connectivity index (χ1v) is 34.8. The summed E-state index contributed by atoms with van der Waals surface area (Å²) in [6.45, 7) is 4.03. The fourth-order valence-electron chi connectivity index (χ4n) is 10.2. The lowest BCUT2D eigenvalue weighted by Gasteiger charge is -2.15. The van der Waals surface area contributed by atoms with Crippen molar-refractivity contribution in [1.29, 1.82) is 0 Å². The van der Waals surface area contributed by atoms with E-state index in [-0.39, 0.29) is 25.2 Å². The van der Waals surface area contributed by atoms with E-state index >= 15 is 0 Å². The fraction of sp³-hybridized carbons (Fsp3) is 0.760. The van der Waals surface area contributed by atoms with Crippen molar-refractivity contribution in [2.75, 3.05) is 13.2 Å². The van der Waals surface area contributed by atoms with Crippen LogP contribution in [0, 0.1) is 0 Å². The molecule has 1 atom stereocenters. The lowest BCUT2D eigenvalue weighted by atomic mass is 10.0. The van der Waals surface area contributed by atoms with Gasteiger partial charge in [0.15, 0.2) is 6.10 Å². The van der Waals surface area contributed by atoms with Gasteiger partial charge in [-0.3, -0.25) is 9.59 Å². The van der Waals surface area contributed by atoms with Gasteiger partial charge in [0.2, 0.25) is 0 Å². The zero-order valence-corrected chi connectivity index (χ0v) is 53.1. The average Bonchev–Trinajstić information content (AvgIpc) is 3.46. The van der Waals surface area contributed by atoms with E-state index in [0.717, 1.165) is 89.9 Å². The molecule has 0 saturated heterocycles. The first-order chi connectivity index (χ1) is 39.6. The van der Waals surface area contributed by atoms with E-state index in [9.17, 15) is 14.7 Å². The summed E-state index contributed by atoms with van der Waals surface area (Å²) in [7, 11) is 0. The molecule has 0 bridgehead atoms. The first kappa shape index (κ1) is 76.8. The van der Waals surface area contributed by atoms with Gasteiger partial charge in [0.1, 0.15) is 6.61 Å². The van der Waals surface area contributed by atoms with Gasteiger partial charge in [-0.25, -0.2) is 0 Å². The van der Waals surface area contributed by atoms with Crippen molar-refractivity contribution in [1.82, 2.24) is 0 Å². The van der Waals surface area contributed by atoms with Gasteiger partial charge in [-0.1, -0.05) is 355 Å². The monoisotopic (exact) mass is 1110 g/mol. The minimum atomic E-state index is -0.802. The number of hydrogen-bond acceptors (Lipinski definition) is 5. The quantitative estimate of drug-likeness (QED) is 0.0373. The Kier molecular flexibility index (Phi) is 67.3. The average molecular weight is 1110 g/mol. The van der Waals surface area contributed by atoms with Crippen LogP contribution in [-0.4, -0.2) is 36.4 Å². The van der Waals surface area contributed by atoms with Crippen molar-refractivity contribution in [3.63, 3.8) is 0 Å². The summed E-state index contributed by atoms with van der Waals surface area (Å²) in [5.41, 5.74) is 0. The summed E-state index contributed by atoms with van der Waals surface area (Å²) >= 11 is 0. The van der Waals surface area contributed by atoms with Gasteiger partial charge in [0.05, 0.1) is 6.61 Å². The second-order valence-electron chi connectivity index (χ2n) is 23.2. The molecule has 0 aliphatic carbocycles. The maximum Gasteiger partial charge on any atom is 0.306 e. The molecule has 0 heterocycles. The van der Waals surface area contributed by atoms with E-state index in [1.54, 1.807) is 0 Å². The molecular formula is C75H132O5. The number of hydrogen-bond donors (Lipinski definition) is 1. The van der Waals surface area contributed by atoms with Gasteiger partial charge in [-0.15, -0.1) is 0 Å². The maximum absolute atomic E-state index is 12.3.